The molecule has 0 bridgehead atoms. The van der Waals surface area contributed by atoms with Crippen molar-refractivity contribution in [3.63, 3.8) is 0 Å². The van der Waals surface area contributed by atoms with Crippen LogP contribution in [-0.2, 0) is 12.8 Å². The van der Waals surface area contributed by atoms with Crippen LogP contribution in [-0.4, -0.2) is 30.3 Å². The van der Waals surface area contributed by atoms with Crippen molar-refractivity contribution in [1.29, 1.82) is 0 Å². The molecule has 0 fully saturated rings. The summed E-state index contributed by atoms with van der Waals surface area (Å²) in [5.74, 6) is 0. The van der Waals surface area contributed by atoms with Crippen molar-refractivity contribution in [3.8, 4) is 0 Å². The molecular formula is C20H28N2O. The molecule has 0 saturated carbocycles. The Bertz CT molecular complexity index is 530. The summed E-state index contributed by atoms with van der Waals surface area (Å²) in [6.45, 7) is 1.47. The first-order valence-corrected chi connectivity index (χ1v) is 8.48. The Balaban J connectivity index is 1.55. The van der Waals surface area contributed by atoms with E-state index in [4.69, 9.17) is 5.73 Å². The highest BCUT2D eigenvalue weighted by molar-refractivity contribution is 5.16. The summed E-state index contributed by atoms with van der Waals surface area (Å²) >= 11 is 0. The molecule has 0 spiro atoms. The zero-order valence-corrected chi connectivity index (χ0v) is 13.7. The fourth-order valence-electron chi connectivity index (χ4n) is 2.65. The maximum Gasteiger partial charge on any atom is 0.0818 e. The van der Waals surface area contributed by atoms with E-state index >= 15 is 0 Å². The second-order valence-electron chi connectivity index (χ2n) is 6.07. The van der Waals surface area contributed by atoms with E-state index in [9.17, 15) is 5.11 Å². The molecule has 3 nitrogen and oxygen atoms in total. The second-order valence-corrected chi connectivity index (χ2v) is 6.07. The van der Waals surface area contributed by atoms with E-state index in [0.717, 1.165) is 25.8 Å². The van der Waals surface area contributed by atoms with Crippen molar-refractivity contribution in [1.82, 2.24) is 5.32 Å². The molecular weight excluding hydrogens is 284 g/mol. The lowest BCUT2D eigenvalue weighted by atomic mass is 10.0. The van der Waals surface area contributed by atoms with Crippen molar-refractivity contribution >= 4 is 0 Å². The maximum absolute atomic E-state index is 10.1. The van der Waals surface area contributed by atoms with E-state index in [0.29, 0.717) is 13.0 Å². The van der Waals surface area contributed by atoms with Gasteiger partial charge in [-0.05, 0) is 43.4 Å². The molecule has 23 heavy (non-hydrogen) atoms. The van der Waals surface area contributed by atoms with Gasteiger partial charge in [0.2, 0.25) is 0 Å². The average Bonchev–Trinajstić information content (AvgIpc) is 2.59. The first-order chi connectivity index (χ1) is 11.3. The summed E-state index contributed by atoms with van der Waals surface area (Å²) in [6, 6.07) is 20.4. The molecule has 2 rings (SSSR count). The van der Waals surface area contributed by atoms with Gasteiger partial charge in [-0.3, -0.25) is 0 Å². The van der Waals surface area contributed by atoms with E-state index in [-0.39, 0.29) is 6.04 Å². The minimum Gasteiger partial charge on any atom is -0.390 e. The lowest BCUT2D eigenvalue weighted by Crippen LogP contribution is -2.43. The lowest BCUT2D eigenvalue weighted by molar-refractivity contribution is 0.142. The molecule has 0 aliphatic rings. The monoisotopic (exact) mass is 312 g/mol. The van der Waals surface area contributed by atoms with Crippen LogP contribution in [0.1, 0.15) is 24.0 Å². The fourth-order valence-corrected chi connectivity index (χ4v) is 2.65. The third-order valence-corrected chi connectivity index (χ3v) is 4.07. The highest BCUT2D eigenvalue weighted by Crippen LogP contribution is 2.05. The van der Waals surface area contributed by atoms with Gasteiger partial charge in [0, 0.05) is 12.6 Å². The Morgan fingerprint density at radius 2 is 1.48 bits per heavy atom. The first-order valence-electron chi connectivity index (χ1n) is 8.48. The molecule has 0 aromatic heterocycles. The molecule has 3 heteroatoms. The van der Waals surface area contributed by atoms with Crippen molar-refractivity contribution < 1.29 is 5.11 Å². The van der Waals surface area contributed by atoms with Crippen molar-refractivity contribution in [2.24, 2.45) is 5.73 Å². The summed E-state index contributed by atoms with van der Waals surface area (Å²) in [4.78, 5) is 0. The molecule has 2 aromatic rings. The van der Waals surface area contributed by atoms with Crippen LogP contribution in [0.4, 0.5) is 0 Å². The predicted octanol–water partition coefficient (Wildman–Crippen LogP) is 2.53. The first kappa shape index (κ1) is 17.7. The zero-order chi connectivity index (χ0) is 16.3. The predicted molar refractivity (Wildman–Crippen MR) is 96.4 cm³/mol. The number of hydrogen-bond donors (Lipinski definition) is 3. The lowest BCUT2D eigenvalue weighted by Gasteiger charge is -2.19. The number of unbranched alkanes of at least 4 members (excludes halogenated alkanes) is 1. The summed E-state index contributed by atoms with van der Waals surface area (Å²) in [7, 11) is 0. The van der Waals surface area contributed by atoms with Crippen molar-refractivity contribution in [2.75, 3.05) is 13.1 Å². The Kier molecular flexibility index (Phi) is 7.81. The molecule has 0 aliphatic heterocycles. The molecule has 2 aromatic carbocycles. The highest BCUT2D eigenvalue weighted by atomic mass is 16.3. The zero-order valence-electron chi connectivity index (χ0n) is 13.7. The molecule has 2 atom stereocenters. The van der Waals surface area contributed by atoms with Gasteiger partial charge in [-0.15, -0.1) is 0 Å². The van der Waals surface area contributed by atoms with Crippen molar-refractivity contribution in [3.05, 3.63) is 71.8 Å². The molecule has 4 N–H and O–H groups in total. The summed E-state index contributed by atoms with van der Waals surface area (Å²) < 4.78 is 0. The SMILES string of the molecule is N[C@@H](Cc1ccccc1)[C@H](O)CNCCCCc1ccccc1. The van der Waals surface area contributed by atoms with Gasteiger partial charge in [0.15, 0.2) is 0 Å². The number of nitrogens with one attached hydrogen (secondary N) is 1. The van der Waals surface area contributed by atoms with Crippen LogP contribution >= 0.6 is 0 Å². The van der Waals surface area contributed by atoms with Crippen LogP contribution in [0.3, 0.4) is 0 Å². The van der Waals surface area contributed by atoms with Crippen LogP contribution in [0.15, 0.2) is 60.7 Å². The van der Waals surface area contributed by atoms with Gasteiger partial charge in [-0.1, -0.05) is 60.7 Å². The minimum absolute atomic E-state index is 0.228. The number of aryl methyl sites for hydroxylation is 1. The normalized spacial score (nSPS) is 13.7. The second kappa shape index (κ2) is 10.2. The Hall–Kier alpha value is -1.68. The molecule has 0 heterocycles. The van der Waals surface area contributed by atoms with Crippen LogP contribution < -0.4 is 11.1 Å². The van der Waals surface area contributed by atoms with Crippen LogP contribution in [0, 0.1) is 0 Å². The number of rotatable bonds is 10. The number of nitrogens with two attached hydrogens (primary N) is 1. The Morgan fingerprint density at radius 1 is 0.870 bits per heavy atom. The number of aliphatic hydroxyl groups excluding tert-OH is 1. The largest absolute Gasteiger partial charge is 0.390 e. The number of benzene rings is 2. The van der Waals surface area contributed by atoms with E-state index in [1.807, 2.05) is 36.4 Å². The van der Waals surface area contributed by atoms with Crippen molar-refractivity contribution in [2.45, 2.75) is 37.8 Å². The number of hydrogen-bond acceptors (Lipinski definition) is 3. The number of aliphatic hydroxyl groups is 1. The van der Waals surface area contributed by atoms with E-state index < -0.39 is 6.10 Å². The van der Waals surface area contributed by atoms with Crippen LogP contribution in [0.2, 0.25) is 0 Å². The van der Waals surface area contributed by atoms with E-state index in [1.54, 1.807) is 0 Å². The molecule has 0 radical (unpaired) electrons. The molecule has 124 valence electrons. The van der Waals surface area contributed by atoms with Crippen LogP contribution in [0.5, 0.6) is 0 Å². The Labute approximate surface area is 139 Å². The van der Waals surface area contributed by atoms with Gasteiger partial charge >= 0.3 is 0 Å². The third kappa shape index (κ3) is 6.95. The van der Waals surface area contributed by atoms with Gasteiger partial charge in [-0.25, -0.2) is 0 Å². The van der Waals surface area contributed by atoms with Gasteiger partial charge in [0.05, 0.1) is 6.10 Å². The molecule has 0 saturated heterocycles. The smallest absolute Gasteiger partial charge is 0.0818 e. The standard InChI is InChI=1S/C20H28N2O/c21-19(15-18-12-5-2-6-13-18)20(23)16-22-14-8-7-11-17-9-3-1-4-10-17/h1-6,9-10,12-13,19-20,22-23H,7-8,11,14-16,21H2/t19-,20+/m0/s1. The quantitative estimate of drug-likeness (QED) is 0.591. The Morgan fingerprint density at radius 3 is 2.13 bits per heavy atom. The average molecular weight is 312 g/mol. The van der Waals surface area contributed by atoms with Crippen LogP contribution in [0.25, 0.3) is 0 Å². The van der Waals surface area contributed by atoms with Gasteiger partial charge < -0.3 is 16.2 Å². The minimum atomic E-state index is -0.510. The van der Waals surface area contributed by atoms with E-state index in [2.05, 4.69) is 29.6 Å². The molecule has 0 aliphatic carbocycles. The topological polar surface area (TPSA) is 58.3 Å². The highest BCUT2D eigenvalue weighted by Gasteiger charge is 2.14. The van der Waals surface area contributed by atoms with Gasteiger partial charge in [-0.2, -0.15) is 0 Å². The van der Waals surface area contributed by atoms with Gasteiger partial charge in [0.1, 0.15) is 0 Å². The summed E-state index contributed by atoms with van der Waals surface area (Å²) in [5, 5.41) is 13.4. The summed E-state index contributed by atoms with van der Waals surface area (Å²) in [5.41, 5.74) is 8.63. The van der Waals surface area contributed by atoms with Gasteiger partial charge in [0.25, 0.3) is 0 Å². The van der Waals surface area contributed by atoms with E-state index in [1.165, 1.54) is 11.1 Å². The molecule has 0 amide bonds. The summed E-state index contributed by atoms with van der Waals surface area (Å²) in [6.07, 6.45) is 3.57. The fraction of sp³-hybridized carbons (Fsp3) is 0.400. The third-order valence-electron chi connectivity index (χ3n) is 4.07. The molecule has 0 unspecified atom stereocenters. The maximum atomic E-state index is 10.1.